The van der Waals surface area contributed by atoms with Gasteiger partial charge < -0.3 is 25.7 Å². The Morgan fingerprint density at radius 3 is 2.52 bits per heavy atom. The topological polar surface area (TPSA) is 126 Å². The van der Waals surface area contributed by atoms with Crippen molar-refractivity contribution in [2.45, 2.75) is 13.2 Å². The molecule has 0 aliphatic carbocycles. The van der Waals surface area contributed by atoms with Crippen LogP contribution in [0.4, 0.5) is 4.79 Å². The molecule has 8 nitrogen and oxygen atoms in total. The first-order valence-corrected chi connectivity index (χ1v) is 6.81. The zero-order valence-electron chi connectivity index (χ0n) is 11.7. The monoisotopic (exact) mass is 315 g/mol. The zero-order chi connectivity index (χ0) is 15.8. The van der Waals surface area contributed by atoms with E-state index < -0.39 is 18.3 Å². The normalized spacial score (nSPS) is 13.0. The second-order valence-electron chi connectivity index (χ2n) is 3.84. The quantitative estimate of drug-likeness (QED) is 0.330. The highest BCUT2D eigenvalue weighted by molar-refractivity contribution is 7.16. The third-order valence-corrected chi connectivity index (χ3v) is 3.34. The molecule has 116 valence electrons. The summed E-state index contributed by atoms with van der Waals surface area (Å²) in [7, 11) is 1.53. The van der Waals surface area contributed by atoms with E-state index in [1.165, 1.54) is 13.2 Å². The molecule has 9 heteroatoms. The number of primary amides is 1. The molecule has 0 fully saturated rings. The molecule has 1 heterocycles. The summed E-state index contributed by atoms with van der Waals surface area (Å²) in [6.07, 6.45) is -1.65. The Labute approximate surface area is 125 Å². The van der Waals surface area contributed by atoms with Crippen molar-refractivity contribution in [3.63, 3.8) is 0 Å². The smallest absolute Gasteiger partial charge is 0.418 e. The summed E-state index contributed by atoms with van der Waals surface area (Å²) < 4.78 is 14.8. The van der Waals surface area contributed by atoms with Gasteiger partial charge in [0.1, 0.15) is 5.84 Å². The van der Waals surface area contributed by atoms with Crippen LogP contribution in [0.2, 0.25) is 0 Å². The Bertz CT molecular complexity index is 529. The lowest BCUT2D eigenvalue weighted by Crippen LogP contribution is -2.21. The van der Waals surface area contributed by atoms with Crippen LogP contribution in [0.1, 0.15) is 21.5 Å². The number of thiophene rings is 1. The lowest BCUT2D eigenvalue weighted by atomic mass is 10.4. The van der Waals surface area contributed by atoms with Crippen molar-refractivity contribution < 1.29 is 23.8 Å². The summed E-state index contributed by atoms with van der Waals surface area (Å²) in [4.78, 5) is 26.8. The van der Waals surface area contributed by atoms with Gasteiger partial charge >= 0.3 is 6.09 Å². The first kappa shape index (κ1) is 17.1. The predicted octanol–water partition coefficient (Wildman–Crippen LogP) is 0.698. The Hall–Kier alpha value is -1.97. The highest BCUT2D eigenvalue weighted by atomic mass is 32.1. The van der Waals surface area contributed by atoms with Gasteiger partial charge in [0, 0.05) is 7.11 Å². The second kappa shape index (κ2) is 8.35. The van der Waals surface area contributed by atoms with Gasteiger partial charge in [0.15, 0.2) is 0 Å². The van der Waals surface area contributed by atoms with Gasteiger partial charge in [-0.3, -0.25) is 4.79 Å². The van der Waals surface area contributed by atoms with Gasteiger partial charge in [-0.25, -0.2) is 4.79 Å². The van der Waals surface area contributed by atoms with Crippen molar-refractivity contribution in [1.29, 1.82) is 0 Å². The van der Waals surface area contributed by atoms with Gasteiger partial charge in [0.2, 0.25) is 6.29 Å². The highest BCUT2D eigenvalue weighted by Crippen LogP contribution is 2.15. The first-order chi connectivity index (χ1) is 9.93. The molecule has 0 bridgehead atoms. The van der Waals surface area contributed by atoms with Crippen LogP contribution >= 0.6 is 11.3 Å². The van der Waals surface area contributed by atoms with E-state index in [0.29, 0.717) is 16.4 Å². The number of carbonyl (C=O) groups excluding carboxylic acids is 2. The number of nitrogens with two attached hydrogens (primary N) is 2. The van der Waals surface area contributed by atoms with Crippen LogP contribution in [0.5, 0.6) is 0 Å². The lowest BCUT2D eigenvalue weighted by molar-refractivity contribution is -0.0987. The Morgan fingerprint density at radius 1 is 1.29 bits per heavy atom. The van der Waals surface area contributed by atoms with Crippen LogP contribution in [0.15, 0.2) is 17.1 Å². The fourth-order valence-corrected chi connectivity index (χ4v) is 2.02. The van der Waals surface area contributed by atoms with Crippen LogP contribution in [-0.2, 0) is 14.2 Å². The number of ether oxygens (including phenoxy) is 3. The molecule has 4 N–H and O–H groups in total. The molecule has 0 spiro atoms. The fraction of sp³-hybridized carbons (Fsp3) is 0.417. The van der Waals surface area contributed by atoms with Gasteiger partial charge in [-0.05, 0) is 19.1 Å². The van der Waals surface area contributed by atoms with Crippen LogP contribution in [0.3, 0.4) is 0 Å². The van der Waals surface area contributed by atoms with Gasteiger partial charge in [0.25, 0.3) is 5.91 Å². The Balaban J connectivity index is 2.55. The maximum Gasteiger partial charge on any atom is 0.437 e. The van der Waals surface area contributed by atoms with Crippen molar-refractivity contribution in [3.05, 3.63) is 21.9 Å². The number of nitrogens with zero attached hydrogens (tertiary/aromatic N) is 1. The van der Waals surface area contributed by atoms with E-state index in [4.69, 9.17) is 25.7 Å². The van der Waals surface area contributed by atoms with E-state index in [0.717, 1.165) is 11.3 Å². The molecule has 0 radical (unpaired) electrons. The van der Waals surface area contributed by atoms with E-state index in [9.17, 15) is 9.59 Å². The van der Waals surface area contributed by atoms with Crippen LogP contribution in [0, 0.1) is 0 Å². The molecule has 1 atom stereocenters. The number of rotatable bonds is 7. The summed E-state index contributed by atoms with van der Waals surface area (Å²) in [5, 5.41) is 0. The van der Waals surface area contributed by atoms with Crippen molar-refractivity contribution in [2.75, 3.05) is 20.3 Å². The molecule has 1 aromatic rings. The van der Waals surface area contributed by atoms with Crippen molar-refractivity contribution in [3.8, 4) is 0 Å². The first-order valence-electron chi connectivity index (χ1n) is 5.99. The lowest BCUT2D eigenvalue weighted by Gasteiger charge is -2.11. The van der Waals surface area contributed by atoms with Crippen LogP contribution in [-0.4, -0.2) is 44.4 Å². The van der Waals surface area contributed by atoms with Crippen molar-refractivity contribution in [2.24, 2.45) is 16.5 Å². The summed E-state index contributed by atoms with van der Waals surface area (Å²) in [5.74, 6) is -0.622. The van der Waals surface area contributed by atoms with E-state index in [-0.39, 0.29) is 12.4 Å². The maximum atomic E-state index is 11.5. The minimum atomic E-state index is -0.883. The molecular formula is C12H17N3O5S. The maximum absolute atomic E-state index is 11.5. The number of hydrogen-bond acceptors (Lipinski definition) is 6. The summed E-state index contributed by atoms with van der Waals surface area (Å²) in [5.41, 5.74) is 10.8. The number of aliphatic imine (C=N–C) groups is 1. The summed E-state index contributed by atoms with van der Waals surface area (Å²) in [6, 6.07) is 3.06. The zero-order valence-corrected chi connectivity index (χ0v) is 12.5. The van der Waals surface area contributed by atoms with E-state index in [1.807, 2.05) is 0 Å². The van der Waals surface area contributed by atoms with Gasteiger partial charge in [-0.15, -0.1) is 11.3 Å². The molecule has 1 unspecified atom stereocenters. The molecule has 21 heavy (non-hydrogen) atoms. The molecule has 0 aliphatic rings. The summed E-state index contributed by atoms with van der Waals surface area (Å²) >= 11 is 1.04. The average Bonchev–Trinajstić information content (AvgIpc) is 2.88. The van der Waals surface area contributed by atoms with E-state index in [2.05, 4.69) is 4.99 Å². The summed E-state index contributed by atoms with van der Waals surface area (Å²) in [6.45, 7) is 2.23. The molecule has 0 saturated heterocycles. The molecular weight excluding hydrogens is 298 g/mol. The Morgan fingerprint density at radius 2 is 1.95 bits per heavy atom. The molecule has 1 aromatic heterocycles. The van der Waals surface area contributed by atoms with E-state index in [1.54, 1.807) is 13.0 Å². The number of amidine groups is 1. The SMILES string of the molecule is COCCOC(C)OC(=O)N=C(N)c1ccc(C(N)=O)s1. The van der Waals surface area contributed by atoms with Crippen LogP contribution < -0.4 is 11.5 Å². The highest BCUT2D eigenvalue weighted by Gasteiger charge is 2.12. The van der Waals surface area contributed by atoms with E-state index >= 15 is 0 Å². The number of methoxy groups -OCH3 is 1. The Kier molecular flexibility index (Phi) is 6.79. The molecule has 0 aromatic carbocycles. The predicted molar refractivity (Wildman–Crippen MR) is 77.3 cm³/mol. The molecule has 1 rings (SSSR count). The minimum Gasteiger partial charge on any atom is -0.418 e. The van der Waals surface area contributed by atoms with Gasteiger partial charge in [-0.2, -0.15) is 4.99 Å². The third kappa shape index (κ3) is 5.90. The average molecular weight is 315 g/mol. The largest absolute Gasteiger partial charge is 0.437 e. The van der Waals surface area contributed by atoms with Crippen LogP contribution in [0.25, 0.3) is 0 Å². The molecule has 2 amide bonds. The number of carbonyl (C=O) groups is 2. The third-order valence-electron chi connectivity index (χ3n) is 2.22. The van der Waals surface area contributed by atoms with Gasteiger partial charge in [-0.1, -0.05) is 0 Å². The van der Waals surface area contributed by atoms with Gasteiger partial charge in [0.05, 0.1) is 23.0 Å². The molecule has 0 saturated carbocycles. The van der Waals surface area contributed by atoms with Crippen molar-refractivity contribution in [1.82, 2.24) is 0 Å². The fourth-order valence-electron chi connectivity index (χ4n) is 1.26. The number of hydrogen-bond donors (Lipinski definition) is 2. The molecule has 0 aliphatic heterocycles. The standard InChI is InChI=1S/C12H17N3O5S/c1-7(19-6-5-18-2)20-12(17)15-10(13)8-3-4-9(21-8)11(14)16/h3-4,7H,5-6H2,1-2H3,(H2,14,16)(H2,13,15,17). The van der Waals surface area contributed by atoms with Crippen molar-refractivity contribution >= 4 is 29.2 Å². The minimum absolute atomic E-state index is 0.0541. The number of amides is 2. The second-order valence-corrected chi connectivity index (χ2v) is 4.92.